The van der Waals surface area contributed by atoms with Crippen LogP contribution in [0.3, 0.4) is 0 Å². The lowest BCUT2D eigenvalue weighted by molar-refractivity contribution is 0.498. The summed E-state index contributed by atoms with van der Waals surface area (Å²) in [5.74, 6) is 0. The van der Waals surface area contributed by atoms with Gasteiger partial charge in [-0.05, 0) is 13.8 Å². The summed E-state index contributed by atoms with van der Waals surface area (Å²) in [4.78, 5) is 3.80. The highest BCUT2D eigenvalue weighted by atomic mass is 79.9. The second-order valence-electron chi connectivity index (χ2n) is 4.00. The Hall–Kier alpha value is -0.400. The van der Waals surface area contributed by atoms with Gasteiger partial charge in [-0.3, -0.25) is 0 Å². The monoisotopic (exact) mass is 295 g/mol. The molecule has 15 heavy (non-hydrogen) atoms. The average molecular weight is 296 g/mol. The molecule has 0 bridgehead atoms. The lowest BCUT2D eigenvalue weighted by Gasteiger charge is -2.22. The van der Waals surface area contributed by atoms with Crippen molar-refractivity contribution in [1.29, 1.82) is 0 Å². The average Bonchev–Trinajstić information content (AvgIpc) is 2.51. The van der Waals surface area contributed by atoms with Gasteiger partial charge in [-0.25, -0.2) is 18.1 Å². The minimum absolute atomic E-state index is 0.0408. The first-order valence-corrected chi connectivity index (χ1v) is 6.95. The fourth-order valence-electron chi connectivity index (χ4n) is 0.971. The number of aryl methyl sites for hydroxylation is 1. The molecule has 0 saturated heterocycles. The molecule has 7 heteroatoms. The number of hydrogen-bond acceptors (Lipinski definition) is 3. The zero-order valence-electron chi connectivity index (χ0n) is 8.86. The predicted octanol–water partition coefficient (Wildman–Crippen LogP) is 0.872. The van der Waals surface area contributed by atoms with E-state index in [1.165, 1.54) is 12.5 Å². The van der Waals surface area contributed by atoms with E-state index in [0.29, 0.717) is 5.33 Å². The maximum Gasteiger partial charge on any atom is 0.260 e. The summed E-state index contributed by atoms with van der Waals surface area (Å²) in [6, 6.07) is 0. The Labute approximate surface area is 98.1 Å². The summed E-state index contributed by atoms with van der Waals surface area (Å²) in [5.41, 5.74) is -0.531. The molecular weight excluding hydrogens is 282 g/mol. The van der Waals surface area contributed by atoms with E-state index in [2.05, 4.69) is 25.6 Å². The molecule has 0 unspecified atom stereocenters. The number of rotatable bonds is 4. The molecule has 0 aliphatic carbocycles. The molecule has 1 rings (SSSR count). The molecule has 0 amide bonds. The highest BCUT2D eigenvalue weighted by Gasteiger charge is 2.26. The molecule has 1 N–H and O–H groups in total. The first-order chi connectivity index (χ1) is 6.77. The Morgan fingerprint density at radius 3 is 2.60 bits per heavy atom. The number of sulfonamides is 1. The molecule has 0 aromatic carbocycles. The number of hydrogen-bond donors (Lipinski definition) is 1. The van der Waals surface area contributed by atoms with Gasteiger partial charge in [0, 0.05) is 24.1 Å². The van der Waals surface area contributed by atoms with Crippen molar-refractivity contribution in [2.75, 3.05) is 5.33 Å². The van der Waals surface area contributed by atoms with Crippen LogP contribution in [0.15, 0.2) is 17.6 Å². The third-order valence-electron chi connectivity index (χ3n) is 1.70. The third-order valence-corrected chi connectivity index (χ3v) is 4.69. The van der Waals surface area contributed by atoms with E-state index >= 15 is 0 Å². The Bertz CT molecular complexity index is 438. The molecule has 0 atom stereocenters. The molecule has 5 nitrogen and oxygen atoms in total. The number of aromatic nitrogens is 2. The van der Waals surface area contributed by atoms with Crippen molar-refractivity contribution in [2.45, 2.75) is 24.4 Å². The SMILES string of the molecule is Cn1cnc(S(=O)(=O)NC(C)(C)CBr)c1. The van der Waals surface area contributed by atoms with Crippen LogP contribution in [0.2, 0.25) is 0 Å². The van der Waals surface area contributed by atoms with E-state index in [-0.39, 0.29) is 5.03 Å². The van der Waals surface area contributed by atoms with Crippen LogP contribution in [0.5, 0.6) is 0 Å². The van der Waals surface area contributed by atoms with Crippen LogP contribution in [-0.4, -0.2) is 28.8 Å². The molecule has 86 valence electrons. The number of halogens is 1. The van der Waals surface area contributed by atoms with Gasteiger partial charge in [0.05, 0.1) is 6.33 Å². The first kappa shape index (κ1) is 12.7. The highest BCUT2D eigenvalue weighted by Crippen LogP contribution is 2.12. The van der Waals surface area contributed by atoms with Gasteiger partial charge in [0.1, 0.15) is 0 Å². The Morgan fingerprint density at radius 2 is 2.20 bits per heavy atom. The van der Waals surface area contributed by atoms with E-state index in [4.69, 9.17) is 0 Å². The summed E-state index contributed by atoms with van der Waals surface area (Å²) in [5, 5.41) is 0.575. The summed E-state index contributed by atoms with van der Waals surface area (Å²) in [7, 11) is -1.80. The van der Waals surface area contributed by atoms with Crippen molar-refractivity contribution in [3.8, 4) is 0 Å². The van der Waals surface area contributed by atoms with Crippen molar-refractivity contribution in [3.63, 3.8) is 0 Å². The molecular formula is C8H14BrN3O2S. The van der Waals surface area contributed by atoms with E-state index < -0.39 is 15.6 Å². The van der Waals surface area contributed by atoms with Crippen molar-refractivity contribution in [2.24, 2.45) is 7.05 Å². The van der Waals surface area contributed by atoms with E-state index in [9.17, 15) is 8.42 Å². The molecule has 0 aliphatic heterocycles. The normalized spacial score (nSPS) is 13.1. The van der Waals surface area contributed by atoms with Crippen LogP contribution in [0.1, 0.15) is 13.8 Å². The second kappa shape index (κ2) is 4.23. The zero-order valence-corrected chi connectivity index (χ0v) is 11.3. The largest absolute Gasteiger partial charge is 0.339 e. The van der Waals surface area contributed by atoms with Crippen LogP contribution in [0.4, 0.5) is 0 Å². The number of alkyl halides is 1. The van der Waals surface area contributed by atoms with Gasteiger partial charge in [-0.1, -0.05) is 15.9 Å². The Morgan fingerprint density at radius 1 is 1.60 bits per heavy atom. The lowest BCUT2D eigenvalue weighted by Crippen LogP contribution is -2.44. The molecule has 1 aromatic rings. The summed E-state index contributed by atoms with van der Waals surface area (Å²) >= 11 is 3.25. The van der Waals surface area contributed by atoms with Crippen LogP contribution in [0.25, 0.3) is 0 Å². The molecule has 0 saturated carbocycles. The fourth-order valence-corrected chi connectivity index (χ4v) is 2.69. The van der Waals surface area contributed by atoms with Gasteiger partial charge in [0.15, 0.2) is 5.03 Å². The van der Waals surface area contributed by atoms with Crippen LogP contribution in [0, 0.1) is 0 Å². The van der Waals surface area contributed by atoms with Gasteiger partial charge in [0.25, 0.3) is 10.0 Å². The minimum atomic E-state index is -3.52. The van der Waals surface area contributed by atoms with Crippen molar-refractivity contribution in [3.05, 3.63) is 12.5 Å². The summed E-state index contributed by atoms with van der Waals surface area (Å²) in [6.45, 7) is 3.59. The topological polar surface area (TPSA) is 64.0 Å². The van der Waals surface area contributed by atoms with Gasteiger partial charge < -0.3 is 4.57 Å². The maximum absolute atomic E-state index is 11.8. The molecule has 1 heterocycles. The maximum atomic E-state index is 11.8. The van der Waals surface area contributed by atoms with Gasteiger partial charge >= 0.3 is 0 Å². The van der Waals surface area contributed by atoms with Gasteiger partial charge in [0.2, 0.25) is 0 Å². The zero-order chi connectivity index (χ0) is 11.7. The Kier molecular flexibility index (Phi) is 3.57. The molecule has 0 aliphatic rings. The van der Waals surface area contributed by atoms with Crippen LogP contribution >= 0.6 is 15.9 Å². The predicted molar refractivity (Wildman–Crippen MR) is 61.4 cm³/mol. The fraction of sp³-hybridized carbons (Fsp3) is 0.625. The minimum Gasteiger partial charge on any atom is -0.339 e. The van der Waals surface area contributed by atoms with Crippen molar-refractivity contribution >= 4 is 26.0 Å². The van der Waals surface area contributed by atoms with E-state index in [1.807, 2.05) is 0 Å². The lowest BCUT2D eigenvalue weighted by atomic mass is 10.1. The van der Waals surface area contributed by atoms with Crippen LogP contribution < -0.4 is 4.72 Å². The number of nitrogens with zero attached hydrogens (tertiary/aromatic N) is 2. The Balaban J connectivity index is 2.95. The van der Waals surface area contributed by atoms with Gasteiger partial charge in [-0.15, -0.1) is 0 Å². The van der Waals surface area contributed by atoms with Crippen molar-refractivity contribution < 1.29 is 8.42 Å². The second-order valence-corrected chi connectivity index (χ2v) is 6.19. The summed E-state index contributed by atoms with van der Waals surface area (Å²) in [6.07, 6.45) is 2.92. The van der Waals surface area contributed by atoms with Gasteiger partial charge in [-0.2, -0.15) is 0 Å². The quantitative estimate of drug-likeness (QED) is 0.839. The number of nitrogens with one attached hydrogen (secondary N) is 1. The standard InChI is InChI=1S/C8H14BrN3O2S/c1-8(2,5-9)11-15(13,14)7-4-12(3)6-10-7/h4,6,11H,5H2,1-3H3. The molecule has 0 spiro atoms. The summed E-state index contributed by atoms with van der Waals surface area (Å²) < 4.78 is 27.8. The van der Waals surface area contributed by atoms with Crippen LogP contribution in [-0.2, 0) is 17.1 Å². The molecule has 0 radical (unpaired) electrons. The molecule has 0 fully saturated rings. The van der Waals surface area contributed by atoms with E-state index in [0.717, 1.165) is 0 Å². The third kappa shape index (κ3) is 3.29. The van der Waals surface area contributed by atoms with Crippen molar-refractivity contribution in [1.82, 2.24) is 14.3 Å². The smallest absolute Gasteiger partial charge is 0.260 e. The molecule has 1 aromatic heterocycles. The number of imidazole rings is 1. The first-order valence-electron chi connectivity index (χ1n) is 4.35. The highest BCUT2D eigenvalue weighted by molar-refractivity contribution is 9.09. The van der Waals surface area contributed by atoms with E-state index in [1.54, 1.807) is 25.5 Å².